The van der Waals surface area contributed by atoms with E-state index in [1.54, 1.807) is 0 Å². The summed E-state index contributed by atoms with van der Waals surface area (Å²) in [5, 5.41) is 22.1. The van der Waals surface area contributed by atoms with Crippen molar-refractivity contribution < 1.29 is 33.9 Å². The summed E-state index contributed by atoms with van der Waals surface area (Å²) in [6.45, 7) is 7.82. The quantitative estimate of drug-likeness (QED) is 0.316. The lowest BCUT2D eigenvalue weighted by Gasteiger charge is -2.48. The summed E-state index contributed by atoms with van der Waals surface area (Å²) in [6.07, 6.45) is -5.65. The van der Waals surface area contributed by atoms with Gasteiger partial charge < -0.3 is 33.9 Å². The van der Waals surface area contributed by atoms with Crippen molar-refractivity contribution in [1.82, 2.24) is 0 Å². The molecule has 0 radical (unpaired) electrons. The van der Waals surface area contributed by atoms with Gasteiger partial charge in [-0.25, -0.2) is 0 Å². The number of hydrogen-bond acceptors (Lipinski definition) is 7. The molecule has 8 heteroatoms. The summed E-state index contributed by atoms with van der Waals surface area (Å²) in [7, 11) is -1.21. The SMILES string of the molecule is C[Si](C)(C)CCOCO[C@H](c1ccccc1)[C@H]1O[C@@H]2CO[C@@H](c3ccccc3)O[C@H]2[C@H](O)[C@H]1O. The van der Waals surface area contributed by atoms with Gasteiger partial charge in [0.05, 0.1) is 6.61 Å². The van der Waals surface area contributed by atoms with Crippen LogP contribution in [0.25, 0.3) is 0 Å². The summed E-state index contributed by atoms with van der Waals surface area (Å²) in [5.41, 5.74) is 1.69. The number of hydrogen-bond donors (Lipinski definition) is 2. The number of rotatable bonds is 9. The van der Waals surface area contributed by atoms with E-state index in [0.717, 1.165) is 17.2 Å². The molecule has 7 atom stereocenters. The van der Waals surface area contributed by atoms with Crippen LogP contribution < -0.4 is 0 Å². The number of aliphatic hydroxyl groups is 2. The van der Waals surface area contributed by atoms with Gasteiger partial charge in [-0.05, 0) is 11.6 Å². The highest BCUT2D eigenvalue weighted by molar-refractivity contribution is 6.76. The molecule has 2 aromatic carbocycles. The van der Waals surface area contributed by atoms with Crippen LogP contribution in [-0.4, -0.2) is 68.8 Å². The van der Waals surface area contributed by atoms with E-state index in [0.29, 0.717) is 6.61 Å². The predicted octanol–water partition coefficient (Wildman–Crippen LogP) is 3.66. The van der Waals surface area contributed by atoms with Gasteiger partial charge in [-0.3, -0.25) is 0 Å². The average molecular weight is 489 g/mol. The van der Waals surface area contributed by atoms with Crippen LogP contribution in [0.2, 0.25) is 25.7 Å². The lowest BCUT2D eigenvalue weighted by atomic mass is 9.89. The number of fused-ring (bicyclic) bond motifs is 1. The molecule has 0 amide bonds. The highest BCUT2D eigenvalue weighted by Gasteiger charge is 2.51. The molecule has 34 heavy (non-hydrogen) atoms. The van der Waals surface area contributed by atoms with Gasteiger partial charge in [0.15, 0.2) is 6.29 Å². The van der Waals surface area contributed by atoms with Crippen molar-refractivity contribution in [1.29, 1.82) is 0 Å². The highest BCUT2D eigenvalue weighted by Crippen LogP contribution is 2.38. The minimum atomic E-state index is -1.21. The van der Waals surface area contributed by atoms with Crippen molar-refractivity contribution in [2.24, 2.45) is 0 Å². The molecule has 7 nitrogen and oxygen atoms in total. The van der Waals surface area contributed by atoms with Crippen LogP contribution >= 0.6 is 0 Å². The van der Waals surface area contributed by atoms with E-state index in [9.17, 15) is 10.2 Å². The molecular weight excluding hydrogens is 452 g/mol. The van der Waals surface area contributed by atoms with Gasteiger partial charge in [0.2, 0.25) is 0 Å². The molecular formula is C26H36O7Si. The summed E-state index contributed by atoms with van der Waals surface area (Å²) in [6, 6.07) is 20.1. The molecule has 0 aromatic heterocycles. The molecule has 0 bridgehead atoms. The fraction of sp³-hybridized carbons (Fsp3) is 0.538. The molecule has 186 valence electrons. The number of ether oxygens (including phenoxy) is 5. The second-order valence-corrected chi connectivity index (χ2v) is 15.8. The van der Waals surface area contributed by atoms with Gasteiger partial charge >= 0.3 is 0 Å². The normalized spacial score (nSPS) is 30.5. The van der Waals surface area contributed by atoms with E-state index >= 15 is 0 Å². The number of aliphatic hydroxyl groups excluding tert-OH is 2. The molecule has 0 saturated carbocycles. The standard InChI is InChI=1S/C26H36O7Si/c1-34(2,3)15-14-29-17-31-23(18-10-6-4-7-11-18)25-22(28)21(27)24-20(32-25)16-30-26(33-24)19-12-8-5-9-13-19/h4-13,20-28H,14-17H2,1-3H3/t20-,21-,22-,23-,24-,25+,26-/m1/s1. The fourth-order valence-electron chi connectivity index (χ4n) is 4.25. The monoisotopic (exact) mass is 488 g/mol. The van der Waals surface area contributed by atoms with Crippen LogP contribution in [0.15, 0.2) is 60.7 Å². The molecule has 2 saturated heterocycles. The summed E-state index contributed by atoms with van der Waals surface area (Å²) in [5.74, 6) is 0. The first-order valence-electron chi connectivity index (χ1n) is 11.9. The minimum Gasteiger partial charge on any atom is -0.387 e. The van der Waals surface area contributed by atoms with E-state index < -0.39 is 51.0 Å². The van der Waals surface area contributed by atoms with Crippen LogP contribution in [0.5, 0.6) is 0 Å². The van der Waals surface area contributed by atoms with Gasteiger partial charge in [-0.15, -0.1) is 0 Å². The van der Waals surface area contributed by atoms with Crippen molar-refractivity contribution in [3.8, 4) is 0 Å². The minimum absolute atomic E-state index is 0.0733. The average Bonchev–Trinajstić information content (AvgIpc) is 2.84. The Bertz CT molecular complexity index is 874. The van der Waals surface area contributed by atoms with Gasteiger partial charge in [-0.2, -0.15) is 0 Å². The van der Waals surface area contributed by atoms with Gasteiger partial charge in [0.25, 0.3) is 0 Å². The van der Waals surface area contributed by atoms with Crippen LogP contribution in [0, 0.1) is 0 Å². The maximum atomic E-state index is 11.1. The lowest BCUT2D eigenvalue weighted by Crippen LogP contribution is -2.63. The zero-order chi connectivity index (χ0) is 24.1. The molecule has 2 heterocycles. The first kappa shape index (κ1) is 25.5. The van der Waals surface area contributed by atoms with E-state index in [-0.39, 0.29) is 13.4 Å². The van der Waals surface area contributed by atoms with Crippen LogP contribution in [0.1, 0.15) is 23.5 Å². The third kappa shape index (κ3) is 6.33. The van der Waals surface area contributed by atoms with Crippen molar-refractivity contribution >= 4 is 8.07 Å². The third-order valence-electron chi connectivity index (χ3n) is 6.24. The summed E-state index contributed by atoms with van der Waals surface area (Å²) < 4.78 is 30.0. The largest absolute Gasteiger partial charge is 0.387 e. The van der Waals surface area contributed by atoms with Crippen molar-refractivity contribution in [2.45, 2.75) is 68.6 Å². The zero-order valence-corrected chi connectivity index (χ0v) is 21.1. The Morgan fingerprint density at radius 2 is 1.62 bits per heavy atom. The smallest absolute Gasteiger partial charge is 0.184 e. The van der Waals surface area contributed by atoms with E-state index in [2.05, 4.69) is 19.6 Å². The maximum Gasteiger partial charge on any atom is 0.184 e. The molecule has 0 unspecified atom stereocenters. The first-order valence-corrected chi connectivity index (χ1v) is 15.6. The van der Waals surface area contributed by atoms with E-state index in [1.807, 2.05) is 60.7 Å². The molecule has 2 fully saturated rings. The zero-order valence-electron chi connectivity index (χ0n) is 20.1. The maximum absolute atomic E-state index is 11.1. The molecule has 0 spiro atoms. The molecule has 2 aliphatic heterocycles. The van der Waals surface area contributed by atoms with Crippen molar-refractivity contribution in [3.05, 3.63) is 71.8 Å². The van der Waals surface area contributed by atoms with Gasteiger partial charge in [0, 0.05) is 20.2 Å². The Balaban J connectivity index is 1.44. The predicted molar refractivity (Wildman–Crippen MR) is 130 cm³/mol. The molecule has 2 aromatic rings. The topological polar surface area (TPSA) is 86.6 Å². The van der Waals surface area contributed by atoms with Gasteiger partial charge in [0.1, 0.15) is 43.4 Å². The number of benzene rings is 2. The van der Waals surface area contributed by atoms with Crippen molar-refractivity contribution in [3.63, 3.8) is 0 Å². The Morgan fingerprint density at radius 1 is 0.941 bits per heavy atom. The molecule has 4 rings (SSSR count). The highest BCUT2D eigenvalue weighted by atomic mass is 28.3. The Hall–Kier alpha value is -1.62. The van der Waals surface area contributed by atoms with Crippen LogP contribution in [0.3, 0.4) is 0 Å². The van der Waals surface area contributed by atoms with E-state index in [1.165, 1.54) is 0 Å². The molecule has 0 aliphatic carbocycles. The first-order chi connectivity index (χ1) is 16.3. The molecule has 2 aliphatic rings. The summed E-state index contributed by atoms with van der Waals surface area (Å²) >= 11 is 0. The second-order valence-electron chi connectivity index (χ2n) is 10.1. The second kappa shape index (κ2) is 11.4. The molecule has 2 N–H and O–H groups in total. The Morgan fingerprint density at radius 3 is 2.29 bits per heavy atom. The Kier molecular flexibility index (Phi) is 8.55. The Labute approximate surface area is 202 Å². The lowest BCUT2D eigenvalue weighted by molar-refractivity contribution is -0.339. The van der Waals surface area contributed by atoms with Crippen LogP contribution in [0.4, 0.5) is 0 Å². The van der Waals surface area contributed by atoms with E-state index in [4.69, 9.17) is 23.7 Å². The fourth-order valence-corrected chi connectivity index (χ4v) is 5.01. The van der Waals surface area contributed by atoms with Crippen LogP contribution in [-0.2, 0) is 23.7 Å². The summed E-state index contributed by atoms with van der Waals surface area (Å²) in [4.78, 5) is 0. The van der Waals surface area contributed by atoms with Crippen molar-refractivity contribution in [2.75, 3.05) is 20.0 Å². The van der Waals surface area contributed by atoms with Gasteiger partial charge in [-0.1, -0.05) is 80.3 Å². The third-order valence-corrected chi connectivity index (χ3v) is 7.94.